The maximum Gasteiger partial charge on any atom is 0.253 e. The van der Waals surface area contributed by atoms with E-state index in [9.17, 15) is 9.59 Å². The summed E-state index contributed by atoms with van der Waals surface area (Å²) in [5, 5.41) is -1.18. The van der Waals surface area contributed by atoms with Gasteiger partial charge in [-0.05, 0) is 41.4 Å². The smallest absolute Gasteiger partial charge is 0.253 e. The van der Waals surface area contributed by atoms with Crippen LogP contribution in [-0.2, 0) is 0 Å². The summed E-state index contributed by atoms with van der Waals surface area (Å²) < 4.78 is 0. The van der Waals surface area contributed by atoms with Crippen molar-refractivity contribution in [2.45, 2.75) is 0 Å². The number of carbonyl (C=O) groups excluding carboxylic acids is 2. The van der Waals surface area contributed by atoms with Gasteiger partial charge in [0.15, 0.2) is 0 Å². The highest BCUT2D eigenvalue weighted by Crippen LogP contribution is 2.20. The molecular formula is C8H3Cl3O2. The third kappa shape index (κ3) is 2.44. The van der Waals surface area contributed by atoms with E-state index < -0.39 is 10.5 Å². The van der Waals surface area contributed by atoms with Gasteiger partial charge in [0, 0.05) is 5.56 Å². The number of rotatable bonds is 2. The lowest BCUT2D eigenvalue weighted by atomic mass is 10.1. The minimum absolute atomic E-state index is 0.117. The van der Waals surface area contributed by atoms with Crippen LogP contribution in [-0.4, -0.2) is 10.5 Å². The minimum Gasteiger partial charge on any atom is -0.276 e. The van der Waals surface area contributed by atoms with Crippen LogP contribution in [0, 0.1) is 0 Å². The van der Waals surface area contributed by atoms with Gasteiger partial charge < -0.3 is 0 Å². The summed E-state index contributed by atoms with van der Waals surface area (Å²) in [6.07, 6.45) is 0. The van der Waals surface area contributed by atoms with E-state index >= 15 is 0 Å². The van der Waals surface area contributed by atoms with E-state index in [1.54, 1.807) is 0 Å². The maximum absolute atomic E-state index is 10.7. The minimum atomic E-state index is -0.668. The molecule has 13 heavy (non-hydrogen) atoms. The van der Waals surface area contributed by atoms with Gasteiger partial charge in [0.25, 0.3) is 10.5 Å². The molecule has 0 aliphatic rings. The second-order valence-corrected chi connectivity index (χ2v) is 3.34. The summed E-state index contributed by atoms with van der Waals surface area (Å²) in [5.41, 5.74) is 0.387. The van der Waals surface area contributed by atoms with Gasteiger partial charge in [-0.25, -0.2) is 0 Å². The Balaban J connectivity index is 3.20. The number of hydrogen-bond acceptors (Lipinski definition) is 2. The molecule has 0 radical (unpaired) electrons. The van der Waals surface area contributed by atoms with Crippen molar-refractivity contribution in [3.63, 3.8) is 0 Å². The van der Waals surface area contributed by atoms with E-state index in [-0.39, 0.29) is 16.1 Å². The molecule has 0 aliphatic heterocycles. The molecule has 0 fully saturated rings. The third-order valence-electron chi connectivity index (χ3n) is 1.41. The van der Waals surface area contributed by atoms with Gasteiger partial charge >= 0.3 is 0 Å². The Kier molecular flexibility index (Phi) is 3.31. The third-order valence-corrected chi connectivity index (χ3v) is 2.14. The predicted molar refractivity (Wildman–Crippen MR) is 51.8 cm³/mol. The molecule has 0 unspecified atom stereocenters. The molecule has 1 rings (SSSR count). The average Bonchev–Trinajstić information content (AvgIpc) is 2.03. The molecule has 0 aromatic heterocycles. The Morgan fingerprint density at radius 2 is 1.69 bits per heavy atom. The van der Waals surface area contributed by atoms with Crippen LogP contribution in [0.4, 0.5) is 0 Å². The monoisotopic (exact) mass is 236 g/mol. The van der Waals surface area contributed by atoms with Gasteiger partial charge in [-0.3, -0.25) is 9.59 Å². The van der Waals surface area contributed by atoms with E-state index in [0.717, 1.165) is 0 Å². The topological polar surface area (TPSA) is 34.1 Å². The molecule has 0 spiro atoms. The molecule has 0 aliphatic carbocycles. The quantitative estimate of drug-likeness (QED) is 0.741. The standard InChI is InChI=1S/C8H3Cl3O2/c9-6-3-4(7(10)12)1-2-5(6)8(11)13/h1-3H. The van der Waals surface area contributed by atoms with Crippen LogP contribution in [0.15, 0.2) is 18.2 Å². The second-order valence-electron chi connectivity index (χ2n) is 2.24. The lowest BCUT2D eigenvalue weighted by Gasteiger charge is -1.99. The molecule has 0 heterocycles. The van der Waals surface area contributed by atoms with Crippen LogP contribution >= 0.6 is 34.8 Å². The number of benzene rings is 1. The summed E-state index contributed by atoms with van der Waals surface area (Å²) in [5.74, 6) is 0. The Morgan fingerprint density at radius 3 is 2.08 bits per heavy atom. The zero-order chi connectivity index (χ0) is 10.0. The van der Waals surface area contributed by atoms with E-state index in [1.807, 2.05) is 0 Å². The largest absolute Gasteiger partial charge is 0.276 e. The summed E-state index contributed by atoms with van der Waals surface area (Å²) in [4.78, 5) is 21.4. The Labute approximate surface area is 89.4 Å². The maximum atomic E-state index is 10.7. The highest BCUT2D eigenvalue weighted by Gasteiger charge is 2.10. The fourth-order valence-corrected chi connectivity index (χ4v) is 1.39. The Hall–Kier alpha value is -0.570. The lowest BCUT2D eigenvalue weighted by Crippen LogP contribution is -1.94. The molecule has 0 N–H and O–H groups in total. The molecule has 0 saturated heterocycles. The highest BCUT2D eigenvalue weighted by atomic mass is 35.5. The zero-order valence-corrected chi connectivity index (χ0v) is 8.45. The van der Waals surface area contributed by atoms with Crippen molar-refractivity contribution in [3.05, 3.63) is 34.3 Å². The van der Waals surface area contributed by atoms with Crippen molar-refractivity contribution in [1.29, 1.82) is 0 Å². The first-order chi connectivity index (χ1) is 6.02. The zero-order valence-electron chi connectivity index (χ0n) is 6.18. The number of halogens is 3. The summed E-state index contributed by atoms with van der Waals surface area (Å²) >= 11 is 16.0. The molecular weight excluding hydrogens is 234 g/mol. The van der Waals surface area contributed by atoms with Crippen LogP contribution in [0.25, 0.3) is 0 Å². The van der Waals surface area contributed by atoms with Gasteiger partial charge in [-0.2, -0.15) is 0 Å². The van der Waals surface area contributed by atoms with Gasteiger partial charge in [0.2, 0.25) is 0 Å². The number of hydrogen-bond donors (Lipinski definition) is 0. The number of carbonyl (C=O) groups is 2. The lowest BCUT2D eigenvalue weighted by molar-refractivity contribution is 0.107. The molecule has 1 aromatic carbocycles. The molecule has 68 valence electrons. The van der Waals surface area contributed by atoms with E-state index in [0.29, 0.717) is 0 Å². The van der Waals surface area contributed by atoms with Crippen molar-refractivity contribution in [1.82, 2.24) is 0 Å². The van der Waals surface area contributed by atoms with Crippen LogP contribution in [0.3, 0.4) is 0 Å². The van der Waals surface area contributed by atoms with Crippen molar-refractivity contribution in [2.24, 2.45) is 0 Å². The molecule has 0 bridgehead atoms. The van der Waals surface area contributed by atoms with Crippen LogP contribution in [0.2, 0.25) is 5.02 Å². The molecule has 1 aromatic rings. The fourth-order valence-electron chi connectivity index (χ4n) is 0.797. The second kappa shape index (κ2) is 4.09. The van der Waals surface area contributed by atoms with Gasteiger partial charge in [0.05, 0.1) is 10.6 Å². The van der Waals surface area contributed by atoms with Crippen LogP contribution in [0.1, 0.15) is 20.7 Å². The van der Waals surface area contributed by atoms with E-state index in [4.69, 9.17) is 34.8 Å². The van der Waals surface area contributed by atoms with Crippen LogP contribution < -0.4 is 0 Å². The van der Waals surface area contributed by atoms with Crippen molar-refractivity contribution in [3.8, 4) is 0 Å². The average molecular weight is 237 g/mol. The summed E-state index contributed by atoms with van der Waals surface area (Å²) in [6, 6.07) is 4.04. The van der Waals surface area contributed by atoms with E-state index in [2.05, 4.69) is 0 Å². The molecule has 0 atom stereocenters. The molecule has 5 heteroatoms. The fraction of sp³-hybridized carbons (Fsp3) is 0. The first-order valence-electron chi connectivity index (χ1n) is 3.21. The van der Waals surface area contributed by atoms with Crippen molar-refractivity contribution >= 4 is 45.3 Å². The molecule has 0 saturated carbocycles. The van der Waals surface area contributed by atoms with E-state index in [1.165, 1.54) is 18.2 Å². The Bertz CT molecular complexity index is 374. The predicted octanol–water partition coefficient (Wildman–Crippen LogP) is 3.10. The first kappa shape index (κ1) is 10.5. The summed E-state index contributed by atoms with van der Waals surface area (Å²) in [7, 11) is 0. The first-order valence-corrected chi connectivity index (χ1v) is 4.35. The Morgan fingerprint density at radius 1 is 1.08 bits per heavy atom. The van der Waals surface area contributed by atoms with Gasteiger partial charge in [0.1, 0.15) is 0 Å². The van der Waals surface area contributed by atoms with Crippen LogP contribution in [0.5, 0.6) is 0 Å². The van der Waals surface area contributed by atoms with Crippen molar-refractivity contribution in [2.75, 3.05) is 0 Å². The van der Waals surface area contributed by atoms with Crippen molar-refractivity contribution < 1.29 is 9.59 Å². The molecule has 0 amide bonds. The summed E-state index contributed by atoms with van der Waals surface area (Å²) in [6.45, 7) is 0. The molecule has 2 nitrogen and oxygen atoms in total. The van der Waals surface area contributed by atoms with Gasteiger partial charge in [-0.15, -0.1) is 0 Å². The highest BCUT2D eigenvalue weighted by molar-refractivity contribution is 6.69. The normalized spacial score (nSPS) is 9.77. The van der Waals surface area contributed by atoms with Gasteiger partial charge in [-0.1, -0.05) is 11.6 Å². The SMILES string of the molecule is O=C(Cl)c1ccc(C(=O)Cl)c(Cl)c1.